The van der Waals surface area contributed by atoms with Crippen molar-refractivity contribution in [1.29, 1.82) is 0 Å². The van der Waals surface area contributed by atoms with Crippen molar-refractivity contribution in [2.24, 2.45) is 0 Å². The van der Waals surface area contributed by atoms with Crippen LogP contribution < -0.4 is 15.0 Å². The van der Waals surface area contributed by atoms with Crippen molar-refractivity contribution in [3.05, 3.63) is 59.3 Å². The molecule has 5 nitrogen and oxygen atoms in total. The summed E-state index contributed by atoms with van der Waals surface area (Å²) in [6.07, 6.45) is 3.48. The topological polar surface area (TPSA) is 54.5 Å². The first-order chi connectivity index (χ1) is 13.7. The van der Waals surface area contributed by atoms with E-state index in [1.54, 1.807) is 7.11 Å². The molecule has 3 rings (SSSR count). The molecule has 0 bridgehead atoms. The Hall–Kier alpha value is -2.82. The molecule has 1 saturated heterocycles. The Morgan fingerprint density at radius 2 is 1.86 bits per heavy atom. The zero-order valence-corrected chi connectivity index (χ0v) is 18.2. The number of rotatable bonds is 5. The number of nitrogens with zero attached hydrogens (tertiary/aromatic N) is 2. The minimum Gasteiger partial charge on any atom is -0.480 e. The SMILES string of the molecule is COc1nc(/C(=C/[C@H]2CCC(=O)N2)c2ccc(C(C)(C)C)cc2)ccc1N(C)C. The van der Waals surface area contributed by atoms with E-state index in [1.807, 2.05) is 31.1 Å². The van der Waals surface area contributed by atoms with Crippen LogP contribution in [0.3, 0.4) is 0 Å². The van der Waals surface area contributed by atoms with Crippen LogP contribution in [0.4, 0.5) is 5.69 Å². The molecule has 1 aromatic carbocycles. The fourth-order valence-corrected chi connectivity index (χ4v) is 3.52. The Balaban J connectivity index is 2.07. The lowest BCUT2D eigenvalue weighted by Crippen LogP contribution is -2.23. The molecule has 2 heterocycles. The molecule has 0 aliphatic carbocycles. The first-order valence-corrected chi connectivity index (χ1v) is 10.0. The summed E-state index contributed by atoms with van der Waals surface area (Å²) in [5.74, 6) is 0.683. The molecule has 154 valence electrons. The number of carbonyl (C=O) groups is 1. The fourth-order valence-electron chi connectivity index (χ4n) is 3.52. The van der Waals surface area contributed by atoms with E-state index < -0.39 is 0 Å². The van der Waals surface area contributed by atoms with Gasteiger partial charge < -0.3 is 15.0 Å². The van der Waals surface area contributed by atoms with Gasteiger partial charge in [0.15, 0.2) is 0 Å². The molecule has 1 atom stereocenters. The van der Waals surface area contributed by atoms with Crippen LogP contribution in [0.2, 0.25) is 0 Å². The minimum absolute atomic E-state index is 0.0149. The maximum Gasteiger partial charge on any atom is 0.237 e. The molecule has 5 heteroatoms. The Morgan fingerprint density at radius 3 is 2.38 bits per heavy atom. The quantitative estimate of drug-likeness (QED) is 0.829. The van der Waals surface area contributed by atoms with Gasteiger partial charge in [0.1, 0.15) is 0 Å². The van der Waals surface area contributed by atoms with Crippen LogP contribution >= 0.6 is 0 Å². The summed E-state index contributed by atoms with van der Waals surface area (Å²) in [5.41, 5.74) is 5.21. The number of aromatic nitrogens is 1. The standard InChI is InChI=1S/C24H31N3O2/c1-24(2,3)17-9-7-16(8-10-17)19(15-18-11-14-22(28)25-18)20-12-13-21(27(4)5)23(26-20)29-6/h7-10,12-13,15,18H,11,14H2,1-6H3,(H,25,28)/b19-15+/t18-/m1/s1. The summed E-state index contributed by atoms with van der Waals surface area (Å²) in [5, 5.41) is 3.04. The van der Waals surface area contributed by atoms with Crippen molar-refractivity contribution < 1.29 is 9.53 Å². The molecule has 2 aromatic rings. The Labute approximate surface area is 173 Å². The Bertz CT molecular complexity index is 909. The predicted molar refractivity (Wildman–Crippen MR) is 119 cm³/mol. The van der Waals surface area contributed by atoms with Crippen LogP contribution in [0.5, 0.6) is 5.88 Å². The molecular formula is C24H31N3O2. The lowest BCUT2D eigenvalue weighted by atomic mass is 9.86. The van der Waals surface area contributed by atoms with Crippen molar-refractivity contribution in [1.82, 2.24) is 10.3 Å². The molecule has 1 aliphatic rings. The first-order valence-electron chi connectivity index (χ1n) is 10.0. The number of carbonyl (C=O) groups excluding carboxylic acids is 1. The van der Waals surface area contributed by atoms with E-state index in [2.05, 4.69) is 56.4 Å². The van der Waals surface area contributed by atoms with Crippen LogP contribution in [0.25, 0.3) is 5.57 Å². The normalized spacial score (nSPS) is 17.2. The average molecular weight is 394 g/mol. The third-order valence-electron chi connectivity index (χ3n) is 5.25. The largest absolute Gasteiger partial charge is 0.480 e. The van der Waals surface area contributed by atoms with Crippen molar-refractivity contribution in [2.75, 3.05) is 26.1 Å². The number of nitrogens with one attached hydrogen (secondary N) is 1. The van der Waals surface area contributed by atoms with Gasteiger partial charge >= 0.3 is 0 Å². The first kappa shape index (κ1) is 20.9. The molecule has 0 radical (unpaired) electrons. The summed E-state index contributed by atoms with van der Waals surface area (Å²) >= 11 is 0. The lowest BCUT2D eigenvalue weighted by molar-refractivity contribution is -0.119. The van der Waals surface area contributed by atoms with Crippen molar-refractivity contribution in [2.45, 2.75) is 45.1 Å². The summed E-state index contributed by atoms with van der Waals surface area (Å²) < 4.78 is 5.53. The molecule has 1 aromatic heterocycles. The van der Waals surface area contributed by atoms with Gasteiger partial charge in [0.25, 0.3) is 0 Å². The number of amides is 1. The van der Waals surface area contributed by atoms with Crippen LogP contribution in [-0.4, -0.2) is 38.1 Å². The number of hydrogen-bond acceptors (Lipinski definition) is 4. The number of anilines is 1. The second kappa shape index (κ2) is 8.27. The zero-order valence-electron chi connectivity index (χ0n) is 18.2. The van der Waals surface area contributed by atoms with Gasteiger partial charge in [-0.15, -0.1) is 0 Å². The molecule has 0 unspecified atom stereocenters. The van der Waals surface area contributed by atoms with Gasteiger partial charge in [0.2, 0.25) is 11.8 Å². The maximum absolute atomic E-state index is 11.7. The third kappa shape index (κ3) is 4.78. The van der Waals surface area contributed by atoms with E-state index in [0.29, 0.717) is 12.3 Å². The van der Waals surface area contributed by atoms with Crippen molar-refractivity contribution in [3.63, 3.8) is 0 Å². The molecule has 0 spiro atoms. The van der Waals surface area contributed by atoms with E-state index in [4.69, 9.17) is 9.72 Å². The van der Waals surface area contributed by atoms with Crippen LogP contribution in [0.1, 0.15) is 50.4 Å². The highest BCUT2D eigenvalue weighted by molar-refractivity contribution is 5.83. The fraction of sp³-hybridized carbons (Fsp3) is 0.417. The summed E-state index contributed by atoms with van der Waals surface area (Å²) in [6, 6.07) is 12.7. The third-order valence-corrected chi connectivity index (χ3v) is 5.25. The highest BCUT2D eigenvalue weighted by Gasteiger charge is 2.21. The maximum atomic E-state index is 11.7. The zero-order chi connectivity index (χ0) is 21.2. The number of methoxy groups -OCH3 is 1. The van der Waals surface area contributed by atoms with E-state index in [0.717, 1.165) is 28.9 Å². The van der Waals surface area contributed by atoms with Crippen LogP contribution in [0.15, 0.2) is 42.5 Å². The summed E-state index contributed by atoms with van der Waals surface area (Å²) in [7, 11) is 5.57. The van der Waals surface area contributed by atoms with Crippen LogP contribution in [-0.2, 0) is 10.2 Å². The van der Waals surface area contributed by atoms with Gasteiger partial charge in [0, 0.05) is 32.1 Å². The second-order valence-electron chi connectivity index (χ2n) is 8.74. The average Bonchev–Trinajstić information content (AvgIpc) is 3.10. The molecule has 1 amide bonds. The highest BCUT2D eigenvalue weighted by atomic mass is 16.5. The van der Waals surface area contributed by atoms with E-state index in [9.17, 15) is 4.79 Å². The molecule has 29 heavy (non-hydrogen) atoms. The summed E-state index contributed by atoms with van der Waals surface area (Å²) in [6.45, 7) is 6.62. The predicted octanol–water partition coefficient (Wildman–Crippen LogP) is 4.16. The summed E-state index contributed by atoms with van der Waals surface area (Å²) in [4.78, 5) is 18.5. The molecule has 1 fully saturated rings. The molecule has 1 N–H and O–H groups in total. The van der Waals surface area contributed by atoms with E-state index in [-0.39, 0.29) is 17.4 Å². The number of benzene rings is 1. The molecule has 1 aliphatic heterocycles. The van der Waals surface area contributed by atoms with Gasteiger partial charge in [-0.05, 0) is 35.1 Å². The monoisotopic (exact) mass is 393 g/mol. The smallest absolute Gasteiger partial charge is 0.237 e. The van der Waals surface area contributed by atoms with Gasteiger partial charge in [-0.2, -0.15) is 0 Å². The Kier molecular flexibility index (Phi) is 5.96. The highest BCUT2D eigenvalue weighted by Crippen LogP contribution is 2.32. The number of pyridine rings is 1. The molecular weight excluding hydrogens is 362 g/mol. The lowest BCUT2D eigenvalue weighted by Gasteiger charge is -2.20. The van der Waals surface area contributed by atoms with Gasteiger partial charge in [-0.3, -0.25) is 4.79 Å². The second-order valence-corrected chi connectivity index (χ2v) is 8.74. The van der Waals surface area contributed by atoms with Gasteiger partial charge in [0.05, 0.1) is 18.5 Å². The van der Waals surface area contributed by atoms with Crippen molar-refractivity contribution >= 4 is 17.2 Å². The van der Waals surface area contributed by atoms with Crippen molar-refractivity contribution in [3.8, 4) is 5.88 Å². The number of hydrogen-bond donors (Lipinski definition) is 1. The molecule has 0 saturated carbocycles. The Morgan fingerprint density at radius 1 is 1.17 bits per heavy atom. The van der Waals surface area contributed by atoms with Gasteiger partial charge in [-0.25, -0.2) is 4.98 Å². The van der Waals surface area contributed by atoms with E-state index >= 15 is 0 Å². The van der Waals surface area contributed by atoms with E-state index in [1.165, 1.54) is 5.56 Å². The van der Waals surface area contributed by atoms with Crippen LogP contribution in [0, 0.1) is 0 Å². The minimum atomic E-state index is 0.0149. The van der Waals surface area contributed by atoms with Gasteiger partial charge in [-0.1, -0.05) is 51.1 Å². The number of ether oxygens (including phenoxy) is 1.